The van der Waals surface area contributed by atoms with Crippen LogP contribution in [-0.2, 0) is 0 Å². The van der Waals surface area contributed by atoms with Gasteiger partial charge in [0.25, 0.3) is 0 Å². The molecule has 2 N–H and O–H groups in total. The molecule has 0 aliphatic rings. The molecule has 0 aromatic rings. The summed E-state index contributed by atoms with van der Waals surface area (Å²) in [5, 5.41) is 17.6. The maximum Gasteiger partial charge on any atom is 1.00 e. The second kappa shape index (κ2) is 8.39. The summed E-state index contributed by atoms with van der Waals surface area (Å²) in [6, 6.07) is 0. The third kappa shape index (κ3) is 8.08. The van der Waals surface area contributed by atoms with Crippen molar-refractivity contribution < 1.29 is 84.0 Å². The fourth-order valence-electron chi connectivity index (χ4n) is 0.531. The van der Waals surface area contributed by atoms with Crippen LogP contribution in [0.2, 0.25) is 0 Å². The van der Waals surface area contributed by atoms with Gasteiger partial charge in [-0.05, 0) is 5.92 Å². The van der Waals surface area contributed by atoms with E-state index in [1.54, 1.807) is 0 Å². The number of aliphatic hydroxyl groups is 2. The van der Waals surface area contributed by atoms with Crippen LogP contribution in [-0.4, -0.2) is 22.2 Å². The maximum absolute atomic E-state index is 10.1. The van der Waals surface area contributed by atoms with E-state index >= 15 is 0 Å². The molecule has 2 atom stereocenters. The van der Waals surface area contributed by atoms with E-state index in [2.05, 4.69) is 0 Å². The predicted molar refractivity (Wildman–Crippen MR) is 33.8 cm³/mol. The van der Waals surface area contributed by atoms with Crippen LogP contribution < -0.4 is 73.8 Å². The molecule has 0 aromatic carbocycles. The van der Waals surface area contributed by atoms with Crippen molar-refractivity contribution in [3.8, 4) is 0 Å². The number of hydrogen-bond acceptors (Lipinski definition) is 5. The van der Waals surface area contributed by atoms with E-state index in [9.17, 15) is 14.7 Å². The minimum atomic E-state index is -5.06. The van der Waals surface area contributed by atoms with Crippen molar-refractivity contribution in [1.29, 1.82) is 0 Å². The summed E-state index contributed by atoms with van der Waals surface area (Å²) in [7, 11) is -5.06. The molecule has 0 rings (SSSR count). The Labute approximate surface area is 122 Å². The summed E-state index contributed by atoms with van der Waals surface area (Å²) in [6.45, 7) is 3.01. The normalized spacial score (nSPS) is 15.7. The molecule has 0 saturated carbocycles. The molecule has 0 aromatic heterocycles. The molecular formula is C5H11Na2O5P. The summed E-state index contributed by atoms with van der Waals surface area (Å²) < 4.78 is 0. The zero-order valence-corrected chi connectivity index (χ0v) is 13.2. The molecule has 68 valence electrons. The van der Waals surface area contributed by atoms with Crippen molar-refractivity contribution in [1.82, 2.24) is 0 Å². The molecular weight excluding hydrogens is 217 g/mol. The number of hydrogen-bond donors (Lipinski definition) is 2. The Morgan fingerprint density at radius 2 is 1.31 bits per heavy atom. The molecule has 0 heterocycles. The van der Waals surface area contributed by atoms with E-state index in [-0.39, 0.29) is 59.1 Å². The summed E-state index contributed by atoms with van der Waals surface area (Å²) in [5.41, 5.74) is 0. The number of aliphatic hydroxyl groups excluding tert-OH is 2. The summed E-state index contributed by atoms with van der Waals surface area (Å²) >= 11 is 0. The summed E-state index contributed by atoms with van der Waals surface area (Å²) in [5.74, 6) is -2.65. The van der Waals surface area contributed by atoms with E-state index in [4.69, 9.17) is 10.2 Å². The number of rotatable bonds is 3. The molecule has 8 heteroatoms. The zero-order valence-electron chi connectivity index (χ0n) is 8.30. The van der Waals surface area contributed by atoms with Crippen LogP contribution in [0.15, 0.2) is 0 Å². The Bertz CT molecular complexity index is 129. The summed E-state index contributed by atoms with van der Waals surface area (Å²) in [4.78, 5) is 30.4. The maximum atomic E-state index is 10.1. The van der Waals surface area contributed by atoms with Crippen LogP contribution in [0.1, 0.15) is 13.8 Å². The van der Waals surface area contributed by atoms with Gasteiger partial charge in [0.15, 0.2) is 5.85 Å². The van der Waals surface area contributed by atoms with Crippen LogP contribution in [0, 0.1) is 5.92 Å². The first kappa shape index (κ1) is 20.6. The van der Waals surface area contributed by atoms with Gasteiger partial charge in [0, 0.05) is 0 Å². The Hall–Kier alpha value is 2.23. The molecule has 5 nitrogen and oxygen atoms in total. The first-order chi connectivity index (χ1) is 4.76. The van der Waals surface area contributed by atoms with Gasteiger partial charge >= 0.3 is 59.1 Å². The smallest absolute Gasteiger partial charge is 0.686 e. The molecule has 0 bridgehead atoms. The van der Waals surface area contributed by atoms with E-state index in [0.29, 0.717) is 0 Å². The Kier molecular flexibility index (Phi) is 13.3. The van der Waals surface area contributed by atoms with Crippen LogP contribution in [0.5, 0.6) is 0 Å². The summed E-state index contributed by atoms with van der Waals surface area (Å²) in [6.07, 6.45) is -1.50. The van der Waals surface area contributed by atoms with Crippen molar-refractivity contribution in [3.63, 3.8) is 0 Å². The van der Waals surface area contributed by atoms with Gasteiger partial charge in [0.05, 0.1) is 0 Å². The quantitative estimate of drug-likeness (QED) is 0.368. The second-order valence-electron chi connectivity index (χ2n) is 2.69. The largest absolute Gasteiger partial charge is 1.00 e. The van der Waals surface area contributed by atoms with Gasteiger partial charge in [0.1, 0.15) is 6.10 Å². The van der Waals surface area contributed by atoms with Crippen molar-refractivity contribution in [2.24, 2.45) is 5.92 Å². The zero-order chi connectivity index (χ0) is 9.23. The molecule has 0 aliphatic heterocycles. The van der Waals surface area contributed by atoms with Crippen molar-refractivity contribution in [2.75, 3.05) is 0 Å². The van der Waals surface area contributed by atoms with Gasteiger partial charge in [-0.2, -0.15) is 0 Å². The first-order valence-electron chi connectivity index (χ1n) is 3.14. The predicted octanol–water partition coefficient (Wildman–Crippen LogP) is -8.83. The fraction of sp³-hybridized carbons (Fsp3) is 1.00. The average molecular weight is 228 g/mol. The first-order valence-corrected chi connectivity index (χ1v) is 4.76. The molecule has 0 unspecified atom stereocenters. The molecule has 0 radical (unpaired) electrons. The molecule has 0 aliphatic carbocycles. The minimum absolute atomic E-state index is 0. The van der Waals surface area contributed by atoms with Gasteiger partial charge in [-0.1, -0.05) is 13.8 Å². The van der Waals surface area contributed by atoms with Crippen molar-refractivity contribution >= 4 is 7.94 Å². The minimum Gasteiger partial charge on any atom is -0.686 e. The molecule has 0 amide bonds. The van der Waals surface area contributed by atoms with Gasteiger partial charge in [-0.15, -0.1) is 7.94 Å². The standard InChI is InChI=1S/C5H13O5P.2Na/c1-3(2)4(6)5(7)11(8,9)10;;/h3-7H,1-2H3,(H2,8,9,10);;/q;2*+1/p-2/t4-,5-;;/m0../s1. The van der Waals surface area contributed by atoms with Crippen LogP contribution >= 0.6 is 7.94 Å². The van der Waals surface area contributed by atoms with Gasteiger partial charge in [-0.25, -0.2) is 0 Å². The van der Waals surface area contributed by atoms with Gasteiger partial charge < -0.3 is 24.9 Å². The van der Waals surface area contributed by atoms with E-state index in [0.717, 1.165) is 0 Å². The van der Waals surface area contributed by atoms with Crippen LogP contribution in [0.4, 0.5) is 0 Å². The fourth-order valence-corrected chi connectivity index (χ4v) is 1.25. The SMILES string of the molecule is CC(C)[C@H](O)[C@@H](O)[P+]([O-])([O-])[O-].[Na+].[Na+]. The molecule has 0 spiro atoms. The van der Waals surface area contributed by atoms with Gasteiger partial charge in [-0.3, -0.25) is 0 Å². The third-order valence-corrected chi connectivity index (χ3v) is 2.27. The third-order valence-electron chi connectivity index (χ3n) is 1.31. The topological polar surface area (TPSA) is 110 Å². The van der Waals surface area contributed by atoms with E-state index in [1.807, 2.05) is 0 Å². The Morgan fingerprint density at radius 3 is 1.38 bits per heavy atom. The second-order valence-corrected chi connectivity index (χ2v) is 4.30. The average Bonchev–Trinajstić information content (AvgIpc) is 1.82. The Morgan fingerprint density at radius 1 is 1.00 bits per heavy atom. The molecule has 13 heavy (non-hydrogen) atoms. The van der Waals surface area contributed by atoms with Crippen molar-refractivity contribution in [2.45, 2.75) is 25.8 Å². The molecule has 0 fully saturated rings. The van der Waals surface area contributed by atoms with E-state index in [1.165, 1.54) is 13.8 Å². The van der Waals surface area contributed by atoms with Gasteiger partial charge in [0.2, 0.25) is 0 Å². The molecule has 0 saturated heterocycles. The van der Waals surface area contributed by atoms with Crippen LogP contribution in [0.3, 0.4) is 0 Å². The van der Waals surface area contributed by atoms with Crippen LogP contribution in [0.25, 0.3) is 0 Å². The Balaban J connectivity index is -0.000000500. The van der Waals surface area contributed by atoms with Crippen molar-refractivity contribution in [3.05, 3.63) is 0 Å². The monoisotopic (exact) mass is 228 g/mol. The van der Waals surface area contributed by atoms with E-state index < -0.39 is 25.8 Å².